The van der Waals surface area contributed by atoms with Gasteiger partial charge in [-0.25, -0.2) is 4.39 Å². The van der Waals surface area contributed by atoms with E-state index in [0.717, 1.165) is 10.9 Å². The van der Waals surface area contributed by atoms with E-state index in [1.165, 1.54) is 7.11 Å². The average molecular weight is 283 g/mol. The van der Waals surface area contributed by atoms with Gasteiger partial charge in [0.15, 0.2) is 11.6 Å². The van der Waals surface area contributed by atoms with Crippen LogP contribution in [0.5, 0.6) is 11.5 Å². The smallest absolute Gasteiger partial charge is 0.171 e. The van der Waals surface area contributed by atoms with E-state index in [-0.39, 0.29) is 18.2 Å². The second-order valence-corrected chi connectivity index (χ2v) is 4.58. The van der Waals surface area contributed by atoms with Gasteiger partial charge in [-0.1, -0.05) is 18.2 Å². The molecule has 0 aliphatic heterocycles. The molecule has 0 spiro atoms. The number of ether oxygens (including phenoxy) is 2. The molecule has 0 aliphatic rings. The Hall–Kier alpha value is -2.62. The summed E-state index contributed by atoms with van der Waals surface area (Å²) in [5, 5.41) is 0.987. The van der Waals surface area contributed by atoms with Crippen molar-refractivity contribution in [2.75, 3.05) is 7.11 Å². The number of methoxy groups -OCH3 is 1. The van der Waals surface area contributed by atoms with E-state index in [2.05, 4.69) is 4.98 Å². The lowest BCUT2D eigenvalue weighted by Crippen LogP contribution is -2.00. The molecule has 0 N–H and O–H groups in total. The summed E-state index contributed by atoms with van der Waals surface area (Å²) in [6.45, 7) is 0.148. The van der Waals surface area contributed by atoms with E-state index in [1.807, 2.05) is 30.3 Å². The van der Waals surface area contributed by atoms with Crippen LogP contribution < -0.4 is 9.47 Å². The normalized spacial score (nSPS) is 10.6. The number of halogens is 1. The Kier molecular flexibility index (Phi) is 3.69. The van der Waals surface area contributed by atoms with Gasteiger partial charge in [0.1, 0.15) is 12.4 Å². The van der Waals surface area contributed by atoms with Gasteiger partial charge in [0.2, 0.25) is 0 Å². The maximum absolute atomic E-state index is 14.0. The third kappa shape index (κ3) is 2.79. The SMILES string of the molecule is COc1cccc(COc2ccc3ncccc3c2)c1F. The van der Waals surface area contributed by atoms with Gasteiger partial charge in [-0.2, -0.15) is 0 Å². The first-order valence-corrected chi connectivity index (χ1v) is 6.57. The highest BCUT2D eigenvalue weighted by molar-refractivity contribution is 5.79. The zero-order chi connectivity index (χ0) is 14.7. The summed E-state index contributed by atoms with van der Waals surface area (Å²) < 4.78 is 24.6. The molecule has 3 nitrogen and oxygen atoms in total. The lowest BCUT2D eigenvalue weighted by atomic mass is 10.2. The summed E-state index contributed by atoms with van der Waals surface area (Å²) in [6, 6.07) is 14.4. The maximum Gasteiger partial charge on any atom is 0.171 e. The molecule has 0 unspecified atom stereocenters. The number of hydrogen-bond donors (Lipinski definition) is 0. The fraction of sp³-hybridized carbons (Fsp3) is 0.118. The number of pyridine rings is 1. The molecule has 1 heterocycles. The van der Waals surface area contributed by atoms with Crippen LogP contribution in [-0.4, -0.2) is 12.1 Å². The van der Waals surface area contributed by atoms with Crippen molar-refractivity contribution in [2.45, 2.75) is 6.61 Å². The van der Waals surface area contributed by atoms with Crippen molar-refractivity contribution in [2.24, 2.45) is 0 Å². The predicted octanol–water partition coefficient (Wildman–Crippen LogP) is 3.96. The largest absolute Gasteiger partial charge is 0.494 e. The van der Waals surface area contributed by atoms with E-state index < -0.39 is 0 Å². The van der Waals surface area contributed by atoms with Crippen molar-refractivity contribution in [1.82, 2.24) is 4.98 Å². The zero-order valence-corrected chi connectivity index (χ0v) is 11.5. The Morgan fingerprint density at radius 3 is 2.86 bits per heavy atom. The van der Waals surface area contributed by atoms with Crippen LogP contribution in [0.4, 0.5) is 4.39 Å². The number of rotatable bonds is 4. The monoisotopic (exact) mass is 283 g/mol. The van der Waals surface area contributed by atoms with Gasteiger partial charge in [0.25, 0.3) is 0 Å². The summed E-state index contributed by atoms with van der Waals surface area (Å²) in [4.78, 5) is 4.25. The van der Waals surface area contributed by atoms with Gasteiger partial charge in [0, 0.05) is 17.1 Å². The van der Waals surface area contributed by atoms with Crippen molar-refractivity contribution >= 4 is 10.9 Å². The molecule has 0 atom stereocenters. The Morgan fingerprint density at radius 2 is 2.00 bits per heavy atom. The number of benzene rings is 2. The summed E-state index contributed by atoms with van der Waals surface area (Å²) >= 11 is 0. The molecule has 4 heteroatoms. The Bertz CT molecular complexity index is 774. The number of fused-ring (bicyclic) bond motifs is 1. The highest BCUT2D eigenvalue weighted by Crippen LogP contribution is 2.23. The lowest BCUT2D eigenvalue weighted by molar-refractivity contribution is 0.296. The van der Waals surface area contributed by atoms with Gasteiger partial charge >= 0.3 is 0 Å². The van der Waals surface area contributed by atoms with Crippen molar-refractivity contribution < 1.29 is 13.9 Å². The molecule has 0 bridgehead atoms. The minimum Gasteiger partial charge on any atom is -0.494 e. The summed E-state index contributed by atoms with van der Waals surface area (Å²) in [5.41, 5.74) is 1.36. The first-order chi connectivity index (χ1) is 10.3. The van der Waals surface area contributed by atoms with E-state index in [0.29, 0.717) is 11.3 Å². The average Bonchev–Trinajstić information content (AvgIpc) is 2.54. The molecular weight excluding hydrogens is 269 g/mol. The summed E-state index contributed by atoms with van der Waals surface area (Å²) in [5.74, 6) is 0.513. The molecular formula is C17H14FNO2. The highest BCUT2D eigenvalue weighted by atomic mass is 19.1. The number of hydrogen-bond acceptors (Lipinski definition) is 3. The molecule has 3 aromatic rings. The van der Waals surface area contributed by atoms with Crippen LogP contribution in [0.2, 0.25) is 0 Å². The molecule has 0 aliphatic carbocycles. The Labute approximate surface area is 122 Å². The van der Waals surface area contributed by atoms with E-state index in [1.54, 1.807) is 24.4 Å². The van der Waals surface area contributed by atoms with Gasteiger partial charge in [0.05, 0.1) is 12.6 Å². The molecule has 3 rings (SSSR count). The van der Waals surface area contributed by atoms with Crippen LogP contribution in [0, 0.1) is 5.82 Å². The lowest BCUT2D eigenvalue weighted by Gasteiger charge is -2.10. The molecule has 21 heavy (non-hydrogen) atoms. The predicted molar refractivity (Wildman–Crippen MR) is 79.0 cm³/mol. The highest BCUT2D eigenvalue weighted by Gasteiger charge is 2.09. The second-order valence-electron chi connectivity index (χ2n) is 4.58. The van der Waals surface area contributed by atoms with Crippen molar-refractivity contribution in [3.8, 4) is 11.5 Å². The molecule has 0 saturated heterocycles. The topological polar surface area (TPSA) is 31.4 Å². The molecule has 2 aromatic carbocycles. The molecule has 0 amide bonds. The van der Waals surface area contributed by atoms with E-state index >= 15 is 0 Å². The Morgan fingerprint density at radius 1 is 1.10 bits per heavy atom. The van der Waals surface area contributed by atoms with Crippen LogP contribution >= 0.6 is 0 Å². The third-order valence-corrected chi connectivity index (χ3v) is 3.23. The van der Waals surface area contributed by atoms with Crippen LogP contribution in [0.3, 0.4) is 0 Å². The van der Waals surface area contributed by atoms with Gasteiger partial charge in [-0.3, -0.25) is 4.98 Å². The number of aromatic nitrogens is 1. The van der Waals surface area contributed by atoms with Crippen LogP contribution in [0.1, 0.15) is 5.56 Å². The van der Waals surface area contributed by atoms with E-state index in [9.17, 15) is 4.39 Å². The molecule has 0 saturated carbocycles. The summed E-state index contributed by atoms with van der Waals surface area (Å²) in [6.07, 6.45) is 1.74. The quantitative estimate of drug-likeness (QED) is 0.726. The van der Waals surface area contributed by atoms with Crippen molar-refractivity contribution in [3.05, 3.63) is 66.1 Å². The fourth-order valence-corrected chi connectivity index (χ4v) is 2.13. The van der Waals surface area contributed by atoms with E-state index in [4.69, 9.17) is 9.47 Å². The number of nitrogens with zero attached hydrogens (tertiary/aromatic N) is 1. The third-order valence-electron chi connectivity index (χ3n) is 3.23. The zero-order valence-electron chi connectivity index (χ0n) is 11.5. The standard InChI is InChI=1S/C17H14FNO2/c1-20-16-6-2-4-13(17(16)18)11-21-14-7-8-15-12(10-14)5-3-9-19-15/h2-10H,11H2,1H3. The van der Waals surface area contributed by atoms with Crippen LogP contribution in [0.15, 0.2) is 54.7 Å². The molecule has 0 fully saturated rings. The maximum atomic E-state index is 14.0. The minimum absolute atomic E-state index is 0.148. The van der Waals surface area contributed by atoms with Gasteiger partial charge < -0.3 is 9.47 Å². The first-order valence-electron chi connectivity index (χ1n) is 6.57. The fourth-order valence-electron chi connectivity index (χ4n) is 2.13. The summed E-state index contributed by atoms with van der Waals surface area (Å²) in [7, 11) is 1.44. The minimum atomic E-state index is -0.387. The van der Waals surface area contributed by atoms with Gasteiger partial charge in [-0.15, -0.1) is 0 Å². The second kappa shape index (κ2) is 5.79. The molecule has 106 valence electrons. The van der Waals surface area contributed by atoms with Crippen molar-refractivity contribution in [3.63, 3.8) is 0 Å². The Balaban J connectivity index is 1.80. The van der Waals surface area contributed by atoms with Gasteiger partial charge in [-0.05, 0) is 30.3 Å². The first kappa shape index (κ1) is 13.4. The van der Waals surface area contributed by atoms with Crippen LogP contribution in [0.25, 0.3) is 10.9 Å². The molecule has 0 radical (unpaired) electrons. The molecule has 1 aromatic heterocycles. The van der Waals surface area contributed by atoms with Crippen molar-refractivity contribution in [1.29, 1.82) is 0 Å². The van der Waals surface area contributed by atoms with Crippen LogP contribution in [-0.2, 0) is 6.61 Å².